The van der Waals surface area contributed by atoms with Gasteiger partial charge in [0.2, 0.25) is 0 Å². The third kappa shape index (κ3) is 1.45. The molecule has 0 aliphatic rings. The van der Waals surface area contributed by atoms with Gasteiger partial charge in [0.25, 0.3) is 12.0 Å². The Labute approximate surface area is 70.0 Å². The van der Waals surface area contributed by atoms with Crippen LogP contribution in [0.1, 0.15) is 12.0 Å². The van der Waals surface area contributed by atoms with Crippen LogP contribution in [0.2, 0.25) is 5.02 Å². The van der Waals surface area contributed by atoms with Crippen molar-refractivity contribution in [1.82, 2.24) is 4.98 Å². The quantitative estimate of drug-likeness (QED) is 0.735. The summed E-state index contributed by atoms with van der Waals surface area (Å²) in [6, 6.07) is 0. The first-order chi connectivity index (χ1) is 5.54. The Morgan fingerprint density at radius 3 is 2.50 bits per heavy atom. The Balaban J connectivity index is 3.43. The molecule has 0 amide bonds. The average Bonchev–Trinajstić information content (AvgIpc) is 1.97. The maximum Gasteiger partial charge on any atom is 0.284 e. The fourth-order valence-electron chi connectivity index (χ4n) is 0.697. The lowest BCUT2D eigenvalue weighted by Crippen LogP contribution is -2.13. The third-order valence-corrected chi connectivity index (χ3v) is 1.55. The molecule has 0 fully saturated rings. The Morgan fingerprint density at radius 1 is 1.50 bits per heavy atom. The van der Waals surface area contributed by atoms with E-state index in [1.54, 1.807) is 0 Å². The molecule has 1 aromatic rings. The van der Waals surface area contributed by atoms with Gasteiger partial charge in [-0.3, -0.25) is 4.79 Å². The standard InChI is InChI=1S/C6H3ClF3NO/c7-2-1-11-6(12)4(8)3(2)5(9)10/h1,5H,(H,11,12). The van der Waals surface area contributed by atoms with Crippen LogP contribution in [0.4, 0.5) is 13.2 Å². The van der Waals surface area contributed by atoms with Crippen molar-refractivity contribution in [1.29, 1.82) is 0 Å². The number of nitrogens with one attached hydrogen (secondary N) is 1. The molecular formula is C6H3ClF3NO. The highest BCUT2D eigenvalue weighted by atomic mass is 35.5. The van der Waals surface area contributed by atoms with Crippen molar-refractivity contribution < 1.29 is 13.2 Å². The molecule has 0 bridgehead atoms. The second-order valence-electron chi connectivity index (χ2n) is 1.99. The molecule has 1 heterocycles. The molecule has 0 saturated heterocycles. The summed E-state index contributed by atoms with van der Waals surface area (Å²) in [5.74, 6) is -1.53. The van der Waals surface area contributed by atoms with Gasteiger partial charge in [0, 0.05) is 6.20 Å². The number of hydrogen-bond acceptors (Lipinski definition) is 1. The Kier molecular flexibility index (Phi) is 2.42. The molecule has 0 radical (unpaired) electrons. The first kappa shape index (κ1) is 9.12. The Hall–Kier alpha value is -0.970. The van der Waals surface area contributed by atoms with Crippen molar-refractivity contribution in [2.45, 2.75) is 6.43 Å². The van der Waals surface area contributed by atoms with E-state index in [9.17, 15) is 18.0 Å². The van der Waals surface area contributed by atoms with Crippen LogP contribution < -0.4 is 5.56 Å². The van der Waals surface area contributed by atoms with Gasteiger partial charge in [0.1, 0.15) is 0 Å². The molecule has 2 nitrogen and oxygen atoms in total. The van der Waals surface area contributed by atoms with Crippen LogP contribution in [0.15, 0.2) is 11.0 Å². The maximum atomic E-state index is 12.6. The van der Waals surface area contributed by atoms with Crippen molar-refractivity contribution in [3.8, 4) is 0 Å². The second-order valence-corrected chi connectivity index (χ2v) is 2.40. The first-order valence-electron chi connectivity index (χ1n) is 2.88. The van der Waals surface area contributed by atoms with Gasteiger partial charge < -0.3 is 4.98 Å². The summed E-state index contributed by atoms with van der Waals surface area (Å²) in [6.07, 6.45) is -2.26. The normalized spacial score (nSPS) is 10.8. The topological polar surface area (TPSA) is 32.9 Å². The van der Waals surface area contributed by atoms with E-state index in [1.165, 1.54) is 0 Å². The largest absolute Gasteiger partial charge is 0.325 e. The van der Waals surface area contributed by atoms with Crippen molar-refractivity contribution >= 4 is 11.6 Å². The molecule has 1 aromatic heterocycles. The van der Waals surface area contributed by atoms with Crippen LogP contribution in [0.25, 0.3) is 0 Å². The van der Waals surface area contributed by atoms with Crippen LogP contribution in [0.5, 0.6) is 0 Å². The number of halogens is 4. The molecular weight excluding hydrogens is 195 g/mol. The number of rotatable bonds is 1. The van der Waals surface area contributed by atoms with Crippen LogP contribution in [-0.4, -0.2) is 4.98 Å². The third-order valence-electron chi connectivity index (χ3n) is 1.24. The average molecular weight is 198 g/mol. The van der Waals surface area contributed by atoms with E-state index in [2.05, 4.69) is 0 Å². The molecule has 0 aliphatic carbocycles. The number of pyridine rings is 1. The maximum absolute atomic E-state index is 12.6. The fourth-order valence-corrected chi connectivity index (χ4v) is 0.917. The van der Waals surface area contributed by atoms with Crippen molar-refractivity contribution in [3.05, 3.63) is 33.0 Å². The number of hydrogen-bond donors (Lipinski definition) is 1. The number of aromatic amines is 1. The lowest BCUT2D eigenvalue weighted by Gasteiger charge is -2.01. The van der Waals surface area contributed by atoms with Gasteiger partial charge in [-0.2, -0.15) is 0 Å². The summed E-state index contributed by atoms with van der Waals surface area (Å²) in [6.45, 7) is 0. The minimum atomic E-state index is -3.08. The van der Waals surface area contributed by atoms with E-state index >= 15 is 0 Å². The number of alkyl halides is 2. The van der Waals surface area contributed by atoms with E-state index < -0.39 is 28.4 Å². The van der Waals surface area contributed by atoms with E-state index in [0.29, 0.717) is 0 Å². The van der Waals surface area contributed by atoms with Gasteiger partial charge >= 0.3 is 0 Å². The molecule has 0 unspecified atom stereocenters. The van der Waals surface area contributed by atoms with Gasteiger partial charge in [-0.15, -0.1) is 0 Å². The molecule has 66 valence electrons. The molecule has 12 heavy (non-hydrogen) atoms. The summed E-state index contributed by atoms with van der Waals surface area (Å²) in [7, 11) is 0. The van der Waals surface area contributed by atoms with Gasteiger partial charge in [-0.25, -0.2) is 13.2 Å². The minimum Gasteiger partial charge on any atom is -0.325 e. The number of aromatic nitrogens is 1. The highest BCUT2D eigenvalue weighted by molar-refractivity contribution is 6.31. The zero-order valence-corrected chi connectivity index (χ0v) is 6.33. The molecule has 1 rings (SSSR count). The van der Waals surface area contributed by atoms with Crippen LogP contribution >= 0.6 is 11.6 Å². The highest BCUT2D eigenvalue weighted by Gasteiger charge is 2.19. The zero-order chi connectivity index (χ0) is 9.30. The summed E-state index contributed by atoms with van der Waals surface area (Å²) >= 11 is 5.21. The summed E-state index contributed by atoms with van der Waals surface area (Å²) in [5.41, 5.74) is -2.25. The zero-order valence-electron chi connectivity index (χ0n) is 5.57. The van der Waals surface area contributed by atoms with Gasteiger partial charge in [-0.05, 0) is 0 Å². The summed E-state index contributed by atoms with van der Waals surface area (Å²) in [4.78, 5) is 12.3. The van der Waals surface area contributed by atoms with E-state index in [-0.39, 0.29) is 0 Å². The number of H-pyrrole nitrogens is 1. The highest BCUT2D eigenvalue weighted by Crippen LogP contribution is 2.26. The van der Waals surface area contributed by atoms with Crippen LogP contribution in [0.3, 0.4) is 0 Å². The lowest BCUT2D eigenvalue weighted by atomic mass is 10.2. The minimum absolute atomic E-state index is 0.484. The molecule has 0 atom stereocenters. The van der Waals surface area contributed by atoms with E-state index in [4.69, 9.17) is 11.6 Å². The van der Waals surface area contributed by atoms with Crippen molar-refractivity contribution in [3.63, 3.8) is 0 Å². The van der Waals surface area contributed by atoms with Gasteiger partial charge in [0.05, 0.1) is 10.6 Å². The molecule has 1 N–H and O–H groups in total. The van der Waals surface area contributed by atoms with Crippen molar-refractivity contribution in [2.75, 3.05) is 0 Å². The monoisotopic (exact) mass is 197 g/mol. The molecule has 0 aromatic carbocycles. The molecule has 0 saturated carbocycles. The molecule has 0 spiro atoms. The van der Waals surface area contributed by atoms with Crippen molar-refractivity contribution in [2.24, 2.45) is 0 Å². The Bertz CT molecular complexity index is 349. The molecule has 6 heteroatoms. The smallest absolute Gasteiger partial charge is 0.284 e. The van der Waals surface area contributed by atoms with Crippen LogP contribution in [0, 0.1) is 5.82 Å². The lowest BCUT2D eigenvalue weighted by molar-refractivity contribution is 0.146. The van der Waals surface area contributed by atoms with Gasteiger partial charge in [0.15, 0.2) is 5.82 Å². The van der Waals surface area contributed by atoms with Crippen LogP contribution in [-0.2, 0) is 0 Å². The van der Waals surface area contributed by atoms with E-state index in [1.807, 2.05) is 4.98 Å². The first-order valence-corrected chi connectivity index (χ1v) is 3.26. The second kappa shape index (κ2) is 3.18. The molecule has 0 aliphatic heterocycles. The van der Waals surface area contributed by atoms with E-state index in [0.717, 1.165) is 6.20 Å². The summed E-state index contributed by atoms with van der Waals surface area (Å²) in [5, 5.41) is -0.484. The fraction of sp³-hybridized carbons (Fsp3) is 0.167. The predicted octanol–water partition coefficient (Wildman–Crippen LogP) is 2.10. The summed E-state index contributed by atoms with van der Waals surface area (Å²) < 4.78 is 36.6. The van der Waals surface area contributed by atoms with Gasteiger partial charge in [-0.1, -0.05) is 11.6 Å². The SMILES string of the molecule is O=c1[nH]cc(Cl)c(C(F)F)c1F. The predicted molar refractivity (Wildman–Crippen MR) is 37.0 cm³/mol. The Morgan fingerprint density at radius 2 is 2.08 bits per heavy atom.